The van der Waals surface area contributed by atoms with Gasteiger partial charge in [-0.25, -0.2) is 19.6 Å². The summed E-state index contributed by atoms with van der Waals surface area (Å²) in [6.07, 6.45) is 2.59. The normalized spacial score (nSPS) is 13.8. The van der Waals surface area contributed by atoms with Crippen molar-refractivity contribution in [2.24, 2.45) is 0 Å². The second-order valence-electron chi connectivity index (χ2n) is 9.42. The summed E-state index contributed by atoms with van der Waals surface area (Å²) in [7, 11) is 3.29. The van der Waals surface area contributed by atoms with Crippen LogP contribution in [0.5, 0.6) is 0 Å². The lowest BCUT2D eigenvalue weighted by molar-refractivity contribution is 0.0931. The maximum absolute atomic E-state index is 13.0. The van der Waals surface area contributed by atoms with Crippen LogP contribution in [0, 0.1) is 0 Å². The molecule has 4 N–H and O–H groups in total. The Bertz CT molecular complexity index is 1640. The van der Waals surface area contributed by atoms with Crippen LogP contribution >= 0.6 is 0 Å². The standard InChI is InChI=1S/C27H26N8O5/c1-35(2)26(38)31-18-5-3-4-15(10-18)13-28-24(36)21-12-22(30-14-29-21)25(37)32-20-9-7-16-11-17(6-8-19(16)20)23-33-27(39)40-34-23/h3-6,8,10-12,14,20H,7,9,13H2,1-2H3,(H,28,36)(H,31,38)(H,32,37)(H,33,34,39)/t20-/m0/s1. The van der Waals surface area contributed by atoms with Crippen molar-refractivity contribution < 1.29 is 18.9 Å². The van der Waals surface area contributed by atoms with Crippen molar-refractivity contribution >= 4 is 23.5 Å². The molecule has 1 aliphatic rings. The lowest BCUT2D eigenvalue weighted by atomic mass is 10.0. The quantitative estimate of drug-likeness (QED) is 0.275. The Kier molecular flexibility index (Phi) is 7.35. The third-order valence-corrected chi connectivity index (χ3v) is 6.41. The molecule has 2 aromatic carbocycles. The molecule has 5 rings (SSSR count). The molecule has 0 saturated heterocycles. The molecular formula is C27H26N8O5. The third kappa shape index (κ3) is 5.88. The van der Waals surface area contributed by atoms with E-state index in [2.05, 4.69) is 40.6 Å². The van der Waals surface area contributed by atoms with Gasteiger partial charge < -0.3 is 20.9 Å². The van der Waals surface area contributed by atoms with Crippen LogP contribution in [0.3, 0.4) is 0 Å². The first-order valence-corrected chi connectivity index (χ1v) is 12.4. The van der Waals surface area contributed by atoms with Crippen LogP contribution < -0.4 is 21.7 Å². The molecule has 4 aromatic rings. The fourth-order valence-corrected chi connectivity index (χ4v) is 4.37. The molecule has 13 heteroatoms. The number of carbonyl (C=O) groups excluding carboxylic acids is 3. The van der Waals surface area contributed by atoms with Gasteiger partial charge in [0.25, 0.3) is 11.8 Å². The molecule has 204 valence electrons. The van der Waals surface area contributed by atoms with Crippen molar-refractivity contribution in [1.82, 2.24) is 35.6 Å². The Hall–Kier alpha value is -5.33. The van der Waals surface area contributed by atoms with E-state index in [-0.39, 0.29) is 30.0 Å². The van der Waals surface area contributed by atoms with Crippen LogP contribution in [0.4, 0.5) is 10.5 Å². The number of aryl methyl sites for hydroxylation is 1. The van der Waals surface area contributed by atoms with Crippen LogP contribution in [0.25, 0.3) is 11.4 Å². The molecule has 0 saturated carbocycles. The number of hydrogen-bond acceptors (Lipinski definition) is 8. The van der Waals surface area contributed by atoms with E-state index < -0.39 is 17.6 Å². The molecule has 0 unspecified atom stereocenters. The van der Waals surface area contributed by atoms with Crippen LogP contribution in [0.2, 0.25) is 0 Å². The second-order valence-corrected chi connectivity index (χ2v) is 9.42. The minimum Gasteiger partial charge on any atom is -0.347 e. The Morgan fingerprint density at radius 3 is 2.60 bits per heavy atom. The number of carbonyl (C=O) groups is 3. The van der Waals surface area contributed by atoms with Gasteiger partial charge in [-0.3, -0.25) is 19.1 Å². The summed E-state index contributed by atoms with van der Waals surface area (Å²) in [5.74, 6) is -1.18. The van der Waals surface area contributed by atoms with E-state index >= 15 is 0 Å². The number of nitrogens with zero attached hydrogens (tertiary/aromatic N) is 4. The summed E-state index contributed by atoms with van der Waals surface area (Å²) in [4.78, 5) is 60.9. The van der Waals surface area contributed by atoms with Gasteiger partial charge in [0.2, 0.25) is 0 Å². The van der Waals surface area contributed by atoms with Gasteiger partial charge in [0.05, 0.1) is 6.04 Å². The first kappa shape index (κ1) is 26.3. The zero-order chi connectivity index (χ0) is 28.2. The number of fused-ring (bicyclic) bond motifs is 1. The monoisotopic (exact) mass is 542 g/mol. The molecule has 0 fully saturated rings. The Balaban J connectivity index is 1.21. The summed E-state index contributed by atoms with van der Waals surface area (Å²) in [5, 5.41) is 12.2. The number of amides is 4. The van der Waals surface area contributed by atoms with E-state index in [0.29, 0.717) is 23.5 Å². The van der Waals surface area contributed by atoms with Crippen molar-refractivity contribution in [2.45, 2.75) is 25.4 Å². The highest BCUT2D eigenvalue weighted by Gasteiger charge is 2.26. The largest absolute Gasteiger partial charge is 0.439 e. The second kappa shape index (κ2) is 11.2. The van der Waals surface area contributed by atoms with Crippen LogP contribution in [-0.4, -0.2) is 56.9 Å². The van der Waals surface area contributed by atoms with Gasteiger partial charge in [0.1, 0.15) is 17.7 Å². The molecule has 0 aliphatic heterocycles. The number of nitrogens with one attached hydrogen (secondary N) is 4. The number of anilines is 1. The van der Waals surface area contributed by atoms with E-state index in [4.69, 9.17) is 0 Å². The molecule has 1 atom stereocenters. The van der Waals surface area contributed by atoms with Gasteiger partial charge in [0.15, 0.2) is 5.82 Å². The molecule has 13 nitrogen and oxygen atoms in total. The predicted octanol–water partition coefficient (Wildman–Crippen LogP) is 2.26. The average molecular weight is 543 g/mol. The fourth-order valence-electron chi connectivity index (χ4n) is 4.37. The lowest BCUT2D eigenvalue weighted by Gasteiger charge is -2.14. The van der Waals surface area contributed by atoms with Crippen molar-refractivity contribution in [3.8, 4) is 11.4 Å². The smallest absolute Gasteiger partial charge is 0.347 e. The first-order valence-electron chi connectivity index (χ1n) is 12.4. The fraction of sp³-hybridized carbons (Fsp3) is 0.222. The Labute approximate surface area is 228 Å². The summed E-state index contributed by atoms with van der Waals surface area (Å²) in [5.41, 5.74) is 4.19. The van der Waals surface area contributed by atoms with Crippen LogP contribution in [-0.2, 0) is 13.0 Å². The minimum absolute atomic E-state index is 0.0512. The van der Waals surface area contributed by atoms with Gasteiger partial charge in [-0.05, 0) is 47.7 Å². The van der Waals surface area contributed by atoms with E-state index in [9.17, 15) is 19.2 Å². The summed E-state index contributed by atoms with van der Waals surface area (Å²) >= 11 is 0. The predicted molar refractivity (Wildman–Crippen MR) is 143 cm³/mol. The maximum Gasteiger partial charge on any atom is 0.439 e. The highest BCUT2D eigenvalue weighted by atomic mass is 16.5. The zero-order valence-electron chi connectivity index (χ0n) is 21.7. The number of urea groups is 1. The Morgan fingerprint density at radius 2 is 1.85 bits per heavy atom. The topological polar surface area (TPSA) is 175 Å². The summed E-state index contributed by atoms with van der Waals surface area (Å²) < 4.78 is 4.58. The van der Waals surface area contributed by atoms with Crippen LogP contribution in [0.1, 0.15) is 50.1 Å². The third-order valence-electron chi connectivity index (χ3n) is 6.41. The average Bonchev–Trinajstić information content (AvgIpc) is 3.57. The Morgan fingerprint density at radius 1 is 1.05 bits per heavy atom. The molecule has 40 heavy (non-hydrogen) atoms. The van der Waals surface area contributed by atoms with E-state index in [1.165, 1.54) is 17.3 Å². The molecule has 0 spiro atoms. The van der Waals surface area contributed by atoms with E-state index in [1.807, 2.05) is 18.2 Å². The molecule has 2 aromatic heterocycles. The lowest BCUT2D eigenvalue weighted by Crippen LogP contribution is -2.29. The van der Waals surface area contributed by atoms with Gasteiger partial charge in [-0.15, -0.1) is 0 Å². The highest BCUT2D eigenvalue weighted by Crippen LogP contribution is 2.33. The molecule has 4 amide bonds. The first-order chi connectivity index (χ1) is 19.3. The SMILES string of the molecule is CN(C)C(=O)Nc1cccc(CNC(=O)c2cc(C(=O)N[C@H]3CCc4cc(-c5noc(=O)[nH]5)ccc43)ncn2)c1. The van der Waals surface area contributed by atoms with Crippen molar-refractivity contribution in [1.29, 1.82) is 0 Å². The number of hydrogen-bond donors (Lipinski definition) is 4. The maximum atomic E-state index is 13.0. The molecule has 0 radical (unpaired) electrons. The number of benzene rings is 2. The van der Waals surface area contributed by atoms with E-state index in [1.54, 1.807) is 38.4 Å². The molecule has 0 bridgehead atoms. The highest BCUT2D eigenvalue weighted by molar-refractivity contribution is 5.97. The van der Waals surface area contributed by atoms with Crippen molar-refractivity contribution in [3.63, 3.8) is 0 Å². The number of aromatic amines is 1. The molecule has 2 heterocycles. The van der Waals surface area contributed by atoms with Gasteiger partial charge >= 0.3 is 11.8 Å². The molecular weight excluding hydrogens is 516 g/mol. The van der Waals surface area contributed by atoms with Gasteiger partial charge in [0, 0.05) is 38.0 Å². The summed E-state index contributed by atoms with van der Waals surface area (Å²) in [6, 6.07) is 13.5. The van der Waals surface area contributed by atoms with Gasteiger partial charge in [-0.2, -0.15) is 0 Å². The summed E-state index contributed by atoms with van der Waals surface area (Å²) in [6.45, 7) is 0.194. The van der Waals surface area contributed by atoms with Gasteiger partial charge in [-0.1, -0.05) is 29.4 Å². The number of aromatic nitrogens is 4. The number of rotatable bonds is 7. The zero-order valence-corrected chi connectivity index (χ0v) is 21.7. The van der Waals surface area contributed by atoms with Crippen molar-refractivity contribution in [2.75, 3.05) is 19.4 Å². The minimum atomic E-state index is -0.627. The van der Waals surface area contributed by atoms with E-state index in [0.717, 1.165) is 23.1 Å². The van der Waals surface area contributed by atoms with Crippen molar-refractivity contribution in [3.05, 3.63) is 93.5 Å². The van der Waals surface area contributed by atoms with Crippen LogP contribution in [0.15, 0.2) is 64.2 Å². The number of H-pyrrole nitrogens is 1. The molecule has 1 aliphatic carbocycles.